The van der Waals surface area contributed by atoms with E-state index in [1.165, 1.54) is 46.2 Å². The van der Waals surface area contributed by atoms with Gasteiger partial charge < -0.3 is 24.8 Å². The van der Waals surface area contributed by atoms with Gasteiger partial charge in [-0.1, -0.05) is 0 Å². The molecule has 175 valence electrons. The van der Waals surface area contributed by atoms with Crippen molar-refractivity contribution in [3.63, 3.8) is 0 Å². The molecule has 0 bridgehead atoms. The van der Waals surface area contributed by atoms with E-state index in [4.69, 9.17) is 0 Å². The number of nitrogens with zero attached hydrogens (tertiary/aromatic N) is 1. The summed E-state index contributed by atoms with van der Waals surface area (Å²) in [6.45, 7) is 0. The standard InChI is InChI=1S/C27H24N3OSi.2ClH.Zr/c31-27(22-15-20-9-7-8-10-21(20)16-22)26(17-23-18-28-19-29-23)30-32(24-11-3-1-4-12-24)25-13-5-2-6-14-25;;;/h1-16,18-19,26,30,32H,17H2,(H,28,29);2*1H;/q;;;+2/p-2/t26-;;;/m0.../s1. The first kappa shape index (κ1) is 27.5. The number of carbonyl (C=O) groups is 1. The first-order chi connectivity index (χ1) is 16.2. The average molecular weight is 597 g/mol. The van der Waals surface area contributed by atoms with Crippen molar-refractivity contribution >= 4 is 31.2 Å². The molecular weight excluding hydrogens is 573 g/mol. The Balaban J connectivity index is 0.00000171. The van der Waals surface area contributed by atoms with Crippen LogP contribution in [0.15, 0.2) is 103 Å². The molecule has 8 heteroatoms. The predicted octanol–water partition coefficient (Wildman–Crippen LogP) is -3.29. The molecule has 0 saturated heterocycles. The van der Waals surface area contributed by atoms with Gasteiger partial charge in [0.2, 0.25) is 0 Å². The number of carbonyl (C=O) groups excluding carboxylic acids is 1. The molecule has 1 heterocycles. The molecule has 0 radical (unpaired) electrons. The van der Waals surface area contributed by atoms with E-state index in [0.717, 1.165) is 11.3 Å². The quantitative estimate of drug-likeness (QED) is 0.210. The van der Waals surface area contributed by atoms with E-state index >= 15 is 0 Å². The molecule has 0 saturated carbocycles. The van der Waals surface area contributed by atoms with Gasteiger partial charge in [-0.2, -0.15) is 0 Å². The third-order valence-electron chi connectivity index (χ3n) is 6.13. The molecule has 2 atom stereocenters. The number of nitrogens with one attached hydrogen (secondary N) is 2. The minimum Gasteiger partial charge on any atom is -1.00 e. The van der Waals surface area contributed by atoms with E-state index in [1.54, 1.807) is 6.33 Å². The fourth-order valence-electron chi connectivity index (χ4n) is 4.45. The number of aromatic amines is 1. The number of rotatable bonds is 8. The zero-order chi connectivity index (χ0) is 22.6. The van der Waals surface area contributed by atoms with Crippen LogP contribution in [0.25, 0.3) is 6.08 Å². The van der Waals surface area contributed by atoms with Crippen LogP contribution in [0.2, 0.25) is 0 Å². The van der Waals surface area contributed by atoms with Crippen molar-refractivity contribution in [2.45, 2.75) is 16.1 Å². The van der Waals surface area contributed by atoms with E-state index in [9.17, 15) is 4.79 Å². The van der Waals surface area contributed by atoms with Crippen LogP contribution >= 0.6 is 0 Å². The van der Waals surface area contributed by atoms with Crippen LogP contribution in [0.5, 0.6) is 0 Å². The number of H-pyrrole nitrogens is 1. The largest absolute Gasteiger partial charge is 1.00 e. The Hall–Kier alpha value is -2.08. The average Bonchev–Trinajstić information content (AvgIpc) is 3.50. The van der Waals surface area contributed by atoms with Gasteiger partial charge in [0.15, 0.2) is 0 Å². The normalized spacial score (nSPS) is 14.9. The molecule has 0 aliphatic heterocycles. The van der Waals surface area contributed by atoms with E-state index < -0.39 is 8.96 Å². The number of Topliss-reactive ketones (excluding diaryl/α,β-unsaturated/α-hetero) is 1. The summed E-state index contributed by atoms with van der Waals surface area (Å²) in [6.07, 6.45) is 6.22. The molecule has 1 aliphatic rings. The fourth-order valence-corrected chi connectivity index (χ4v) is 8.31. The number of aromatic nitrogens is 2. The summed E-state index contributed by atoms with van der Waals surface area (Å²) in [5, 5.41) is 2.54. The molecule has 1 aliphatic carbocycles. The number of imidazole rings is 1. The molecule has 0 fully saturated rings. The fraction of sp³-hybridized carbons (Fsp3) is 0.111. The Morgan fingerprint density at radius 2 is 1.54 bits per heavy atom. The summed E-state index contributed by atoms with van der Waals surface area (Å²) in [4.78, 5) is 25.3. The van der Waals surface area contributed by atoms with Crippen LogP contribution in [0, 0.1) is 0 Å². The Morgan fingerprint density at radius 3 is 2.11 bits per heavy atom. The van der Waals surface area contributed by atoms with E-state index in [-0.39, 0.29) is 40.3 Å². The summed E-state index contributed by atoms with van der Waals surface area (Å²) < 4.78 is 0.179. The zero-order valence-corrected chi connectivity index (χ0v) is 24.0. The number of fused-ring (bicyclic) bond motifs is 1. The van der Waals surface area contributed by atoms with Crippen molar-refractivity contribution in [1.82, 2.24) is 15.0 Å². The third kappa shape index (κ3) is 6.19. The van der Waals surface area contributed by atoms with Crippen molar-refractivity contribution in [2.24, 2.45) is 0 Å². The van der Waals surface area contributed by atoms with Crippen LogP contribution in [0.3, 0.4) is 0 Å². The maximum absolute atomic E-state index is 14.0. The second kappa shape index (κ2) is 12.8. The Kier molecular flexibility index (Phi) is 10.0. The summed E-state index contributed by atoms with van der Waals surface area (Å²) in [7, 11) is -1.85. The third-order valence-corrected chi connectivity index (χ3v) is 10.5. The molecule has 4 nitrogen and oxygen atoms in total. The van der Waals surface area contributed by atoms with Gasteiger partial charge in [0.1, 0.15) is 0 Å². The van der Waals surface area contributed by atoms with Crippen LogP contribution in [-0.2, 0) is 35.9 Å². The molecule has 1 aromatic heterocycles. The van der Waals surface area contributed by atoms with Crippen molar-refractivity contribution in [3.05, 3.63) is 120 Å². The summed E-state index contributed by atoms with van der Waals surface area (Å²) in [6, 6.07) is 29.1. The smallest absolute Gasteiger partial charge is 1.00 e. The number of hydrogen-bond acceptors (Lipinski definition) is 3. The van der Waals surface area contributed by atoms with Crippen LogP contribution in [0.4, 0.5) is 0 Å². The van der Waals surface area contributed by atoms with Crippen molar-refractivity contribution in [3.8, 4) is 0 Å². The SMILES string of the molecule is O=C(C1=Cc2ccccc2[CH]1[Zr+2])[C@H](Cc1c[nH]cn1)N[SiH](c1ccccc1)c1ccccc1.[Cl-].[Cl-]. The zero-order valence-electron chi connectivity index (χ0n) is 18.9. The first-order valence-corrected chi connectivity index (χ1v) is 14.3. The molecule has 4 aromatic rings. The minimum absolute atomic E-state index is 0. The molecular formula is C27H24Cl2N3OSiZr. The number of hydrogen-bond donors (Lipinski definition) is 2. The van der Waals surface area contributed by atoms with Gasteiger partial charge in [-0.05, 0) is 0 Å². The van der Waals surface area contributed by atoms with Crippen molar-refractivity contribution in [2.75, 3.05) is 0 Å². The number of ketones is 1. The van der Waals surface area contributed by atoms with Gasteiger partial charge in [-0.3, -0.25) is 0 Å². The van der Waals surface area contributed by atoms with Crippen LogP contribution in [0.1, 0.15) is 20.4 Å². The van der Waals surface area contributed by atoms with Gasteiger partial charge >= 0.3 is 212 Å². The van der Waals surface area contributed by atoms with Gasteiger partial charge in [0, 0.05) is 0 Å². The van der Waals surface area contributed by atoms with Gasteiger partial charge in [0.25, 0.3) is 0 Å². The molecule has 35 heavy (non-hydrogen) atoms. The van der Waals surface area contributed by atoms with Crippen molar-refractivity contribution < 1.29 is 54.3 Å². The summed E-state index contributed by atoms with van der Waals surface area (Å²) in [5.41, 5.74) is 4.24. The van der Waals surface area contributed by atoms with Crippen molar-refractivity contribution in [1.29, 1.82) is 0 Å². The van der Waals surface area contributed by atoms with Crippen LogP contribution in [-0.4, -0.2) is 30.8 Å². The van der Waals surface area contributed by atoms with Gasteiger partial charge in [0.05, 0.1) is 0 Å². The second-order valence-corrected chi connectivity index (χ2v) is 12.2. The van der Waals surface area contributed by atoms with Gasteiger partial charge in [-0.15, -0.1) is 0 Å². The molecule has 5 rings (SSSR count). The predicted molar refractivity (Wildman–Crippen MR) is 131 cm³/mol. The molecule has 0 amide bonds. The first-order valence-electron chi connectivity index (χ1n) is 11.1. The monoisotopic (exact) mass is 594 g/mol. The number of halogens is 2. The maximum Gasteiger partial charge on any atom is -1.00 e. The summed E-state index contributed by atoms with van der Waals surface area (Å²) in [5.74, 6) is 0.181. The topological polar surface area (TPSA) is 57.8 Å². The Labute approximate surface area is 235 Å². The second-order valence-electron chi connectivity index (χ2n) is 8.26. The molecule has 1 unspecified atom stereocenters. The Morgan fingerprint density at radius 1 is 0.943 bits per heavy atom. The number of benzene rings is 3. The molecule has 0 spiro atoms. The Bertz CT molecular complexity index is 1230. The van der Waals surface area contributed by atoms with Crippen LogP contribution < -0.4 is 40.2 Å². The molecule has 3 aromatic carbocycles. The summed E-state index contributed by atoms with van der Waals surface area (Å²) >= 11 is 1.34. The molecule has 2 N–H and O–H groups in total. The van der Waals surface area contributed by atoms with E-state index in [0.29, 0.717) is 6.42 Å². The van der Waals surface area contributed by atoms with E-state index in [2.05, 4.69) is 87.8 Å². The van der Waals surface area contributed by atoms with E-state index in [1.807, 2.05) is 24.4 Å². The minimum atomic E-state index is -1.85. The van der Waals surface area contributed by atoms with Gasteiger partial charge in [-0.25, -0.2) is 0 Å². The maximum atomic E-state index is 14.0.